The van der Waals surface area contributed by atoms with Gasteiger partial charge in [0.05, 0.1) is 42.5 Å². The van der Waals surface area contributed by atoms with Gasteiger partial charge in [-0.2, -0.15) is 0 Å². The lowest BCUT2D eigenvalue weighted by Gasteiger charge is -2.40. The second-order valence-corrected chi connectivity index (χ2v) is 11.3. The van der Waals surface area contributed by atoms with Crippen molar-refractivity contribution in [2.45, 2.75) is 83.3 Å². The maximum Gasteiger partial charge on any atom is 0.247 e. The summed E-state index contributed by atoms with van der Waals surface area (Å²) in [6, 6.07) is 4.40. The maximum absolute atomic E-state index is 13.6. The number of ether oxygens (including phenoxy) is 2. The summed E-state index contributed by atoms with van der Waals surface area (Å²) in [6.07, 6.45) is 7.88. The van der Waals surface area contributed by atoms with Gasteiger partial charge in [0.15, 0.2) is 11.5 Å². The highest BCUT2D eigenvalue weighted by molar-refractivity contribution is 14.1. The third-order valence-electron chi connectivity index (χ3n) is 7.09. The summed E-state index contributed by atoms with van der Waals surface area (Å²) in [4.78, 5) is 28.3. The highest BCUT2D eigenvalue weighted by atomic mass is 127. The number of aliphatic hydroxyl groups is 3. The van der Waals surface area contributed by atoms with Crippen LogP contribution in [-0.2, 0) is 22.7 Å². The number of aliphatic hydroxyl groups excluding tert-OH is 3. The van der Waals surface area contributed by atoms with Gasteiger partial charge in [0.2, 0.25) is 11.8 Å². The van der Waals surface area contributed by atoms with Crippen LogP contribution in [-0.4, -0.2) is 70.5 Å². The van der Waals surface area contributed by atoms with Gasteiger partial charge in [-0.25, -0.2) is 0 Å². The molecule has 1 aliphatic rings. The van der Waals surface area contributed by atoms with Crippen LogP contribution < -0.4 is 14.8 Å². The molecular weight excluding hydrogens is 643 g/mol. The summed E-state index contributed by atoms with van der Waals surface area (Å²) < 4.78 is 17.7. The molecule has 0 spiro atoms. The van der Waals surface area contributed by atoms with E-state index in [1.165, 1.54) is 13.4 Å². The minimum Gasteiger partial charge on any atom is -0.493 e. The predicted octanol–water partition coefficient (Wildman–Crippen LogP) is 3.69. The normalized spacial score (nSPS) is 18.5. The molecule has 3 rings (SSSR count). The molecule has 1 heterocycles. The van der Waals surface area contributed by atoms with Crippen LogP contribution in [0, 0.1) is 3.57 Å². The molecule has 2 amide bonds. The Balaban J connectivity index is 1.95. The van der Waals surface area contributed by atoms with Crippen molar-refractivity contribution in [1.29, 1.82) is 0 Å². The van der Waals surface area contributed by atoms with Crippen LogP contribution in [0.1, 0.15) is 63.0 Å². The van der Waals surface area contributed by atoms with Gasteiger partial charge in [-0.3, -0.25) is 9.59 Å². The van der Waals surface area contributed by atoms with E-state index < -0.39 is 24.2 Å². The third kappa shape index (κ3) is 9.19. The second kappa shape index (κ2) is 16.7. The summed E-state index contributed by atoms with van der Waals surface area (Å²) in [5, 5.41) is 33.2. The van der Waals surface area contributed by atoms with Gasteiger partial charge in [0, 0.05) is 37.1 Å². The topological polar surface area (TPSA) is 142 Å². The average Bonchev–Trinajstić information content (AvgIpc) is 3.49. The van der Waals surface area contributed by atoms with Crippen molar-refractivity contribution in [1.82, 2.24) is 10.2 Å². The fourth-order valence-electron chi connectivity index (χ4n) is 4.89. The molecule has 4 N–H and O–H groups in total. The molecule has 3 atom stereocenters. The molecular formula is C30H41IN2O8. The van der Waals surface area contributed by atoms with Crippen LogP contribution in [0.4, 0.5) is 0 Å². The molecule has 11 heteroatoms. The number of carbonyl (C=O) groups excluding carboxylic acids is 2. The van der Waals surface area contributed by atoms with Crippen LogP contribution in [0.25, 0.3) is 0 Å². The Kier molecular flexibility index (Phi) is 13.4. The molecule has 0 radical (unpaired) electrons. The Bertz CT molecular complexity index is 1150. The molecule has 3 unspecified atom stereocenters. The number of carbonyl (C=O) groups is 2. The smallest absolute Gasteiger partial charge is 0.247 e. The fourth-order valence-corrected chi connectivity index (χ4v) is 5.68. The highest BCUT2D eigenvalue weighted by Crippen LogP contribution is 2.37. The Hall–Kier alpha value is -2.61. The monoisotopic (exact) mass is 684 g/mol. The van der Waals surface area contributed by atoms with Crippen molar-refractivity contribution < 1.29 is 38.8 Å². The van der Waals surface area contributed by atoms with Crippen molar-refractivity contribution in [3.63, 3.8) is 0 Å². The van der Waals surface area contributed by atoms with Crippen LogP contribution in [0.3, 0.4) is 0 Å². The van der Waals surface area contributed by atoms with Gasteiger partial charge < -0.3 is 39.4 Å². The van der Waals surface area contributed by atoms with Crippen LogP contribution in [0.15, 0.2) is 46.8 Å². The van der Waals surface area contributed by atoms with Crippen LogP contribution in [0.2, 0.25) is 0 Å². The van der Waals surface area contributed by atoms with Gasteiger partial charge in [-0.05, 0) is 58.9 Å². The SMILES string of the molecule is CCCCCCCC(=O)N(Cc1ccoc1)C1CC(C(=O)NCCO)=CC(Oc2c(I)cc(CO)cc2OC)C1O. The first-order valence-corrected chi connectivity index (χ1v) is 15.1. The number of benzene rings is 1. The maximum atomic E-state index is 13.6. The fraction of sp³-hybridized carbons (Fsp3) is 0.533. The molecule has 1 aromatic heterocycles. The quantitative estimate of drug-likeness (QED) is 0.155. The number of nitrogens with zero attached hydrogens (tertiary/aromatic N) is 1. The Morgan fingerprint density at radius 3 is 2.61 bits per heavy atom. The number of hydrogen-bond donors (Lipinski definition) is 4. The Morgan fingerprint density at radius 2 is 1.95 bits per heavy atom. The number of hydrogen-bond acceptors (Lipinski definition) is 8. The molecule has 41 heavy (non-hydrogen) atoms. The number of unbranched alkanes of at least 4 members (excludes halogenated alkanes) is 4. The lowest BCUT2D eigenvalue weighted by atomic mass is 9.87. The van der Waals surface area contributed by atoms with Crippen LogP contribution in [0.5, 0.6) is 11.5 Å². The standard InChI is InChI=1S/C30H41IN2O8/c1-3-4-5-6-7-8-27(36)33(17-20-9-12-40-19-20)24-15-22(30(38)32-10-11-34)16-25(28(24)37)41-29-23(31)13-21(18-35)14-26(29)39-2/h9,12-14,16,19,24-25,28,34-35,37H,3-8,10-11,15,17-18H2,1-2H3,(H,32,38). The van der Waals surface area contributed by atoms with E-state index in [-0.39, 0.29) is 38.6 Å². The van der Waals surface area contributed by atoms with E-state index >= 15 is 0 Å². The van der Waals surface area contributed by atoms with Crippen molar-refractivity contribution in [2.75, 3.05) is 20.3 Å². The zero-order chi connectivity index (χ0) is 29.8. The predicted molar refractivity (Wildman–Crippen MR) is 161 cm³/mol. The van der Waals surface area contributed by atoms with E-state index in [4.69, 9.17) is 13.9 Å². The van der Waals surface area contributed by atoms with Gasteiger partial charge in [-0.1, -0.05) is 32.6 Å². The number of amides is 2. The Morgan fingerprint density at radius 1 is 1.17 bits per heavy atom. The minimum atomic E-state index is -1.17. The van der Waals surface area contributed by atoms with Crippen molar-refractivity contribution >= 4 is 34.4 Å². The van der Waals surface area contributed by atoms with Gasteiger partial charge in [0.1, 0.15) is 12.2 Å². The van der Waals surface area contributed by atoms with Crippen molar-refractivity contribution in [2.24, 2.45) is 0 Å². The van der Waals surface area contributed by atoms with Gasteiger partial charge in [0.25, 0.3) is 0 Å². The average molecular weight is 685 g/mol. The summed E-state index contributed by atoms with van der Waals surface area (Å²) in [7, 11) is 1.48. The molecule has 1 aliphatic carbocycles. The van der Waals surface area contributed by atoms with Gasteiger partial charge >= 0.3 is 0 Å². The van der Waals surface area contributed by atoms with Gasteiger partial charge in [-0.15, -0.1) is 0 Å². The number of methoxy groups -OCH3 is 1. The summed E-state index contributed by atoms with van der Waals surface area (Å²) in [5.74, 6) is 0.192. The van der Waals surface area contributed by atoms with E-state index in [0.29, 0.717) is 32.6 Å². The lowest BCUT2D eigenvalue weighted by Crippen LogP contribution is -2.54. The summed E-state index contributed by atoms with van der Waals surface area (Å²) in [6.45, 7) is 2.01. The zero-order valence-electron chi connectivity index (χ0n) is 23.7. The van der Waals surface area contributed by atoms with E-state index in [1.807, 2.05) is 0 Å². The number of furan rings is 1. The molecule has 0 saturated heterocycles. The van der Waals surface area contributed by atoms with E-state index in [2.05, 4.69) is 34.8 Å². The highest BCUT2D eigenvalue weighted by Gasteiger charge is 2.41. The third-order valence-corrected chi connectivity index (χ3v) is 7.89. The van der Waals surface area contributed by atoms with E-state index in [9.17, 15) is 24.9 Å². The molecule has 0 aliphatic heterocycles. The van der Waals surface area contributed by atoms with Crippen molar-refractivity contribution in [3.05, 3.63) is 57.1 Å². The molecule has 2 aromatic rings. The second-order valence-electron chi connectivity index (χ2n) is 10.1. The Labute approximate surface area is 254 Å². The minimum absolute atomic E-state index is 0.0681. The van der Waals surface area contributed by atoms with E-state index in [1.54, 1.807) is 35.4 Å². The lowest BCUT2D eigenvalue weighted by molar-refractivity contribution is -0.139. The molecule has 0 fully saturated rings. The first-order valence-electron chi connectivity index (χ1n) is 14.0. The zero-order valence-corrected chi connectivity index (χ0v) is 25.8. The first-order chi connectivity index (χ1) is 19.8. The number of halogens is 1. The molecule has 0 bridgehead atoms. The molecule has 1 aromatic carbocycles. The van der Waals surface area contributed by atoms with Crippen LogP contribution >= 0.6 is 22.6 Å². The largest absolute Gasteiger partial charge is 0.493 e. The van der Waals surface area contributed by atoms with E-state index in [0.717, 1.165) is 37.7 Å². The molecule has 0 saturated carbocycles. The summed E-state index contributed by atoms with van der Waals surface area (Å²) >= 11 is 2.07. The van der Waals surface area contributed by atoms with Crippen molar-refractivity contribution in [3.8, 4) is 11.5 Å². The first kappa shape index (κ1) is 32.9. The number of nitrogens with one attached hydrogen (secondary N) is 1. The molecule has 10 nitrogen and oxygen atoms in total. The number of rotatable bonds is 16. The summed E-state index contributed by atoms with van der Waals surface area (Å²) in [5.41, 5.74) is 1.74. The molecule has 226 valence electrons.